The van der Waals surface area contributed by atoms with Crippen molar-refractivity contribution >= 4 is 25.0 Å². The minimum absolute atomic E-state index is 0.265. The first kappa shape index (κ1) is 35.4. The highest BCUT2D eigenvalue weighted by Gasteiger charge is 2.67. The second kappa shape index (κ2) is 12.6. The lowest BCUT2D eigenvalue weighted by Gasteiger charge is -2.66. The van der Waals surface area contributed by atoms with Crippen LogP contribution in [0.5, 0.6) is 0 Å². The van der Waals surface area contributed by atoms with Crippen molar-refractivity contribution in [3.63, 3.8) is 0 Å². The quantitative estimate of drug-likeness (QED) is 0.211. The molecule has 0 saturated heterocycles. The molecule has 246 valence electrons. The fourth-order valence-electron chi connectivity index (χ4n) is 10.9. The van der Waals surface area contributed by atoms with E-state index in [1.54, 1.807) is 0 Å². The van der Waals surface area contributed by atoms with Gasteiger partial charge in [-0.15, -0.1) is 0 Å². The first-order valence-electron chi connectivity index (χ1n) is 18.2. The van der Waals surface area contributed by atoms with Gasteiger partial charge < -0.3 is 13.3 Å². The molecule has 0 heterocycles. The summed E-state index contributed by atoms with van der Waals surface area (Å²) in [6, 6.07) is 0. The molecule has 4 rings (SSSR count). The molecule has 4 fully saturated rings. The van der Waals surface area contributed by atoms with Crippen LogP contribution >= 0.6 is 0 Å². The molecule has 4 saturated carbocycles. The van der Waals surface area contributed by atoms with E-state index in [9.17, 15) is 0 Å². The molecule has 1 unspecified atom stereocenters. The van der Waals surface area contributed by atoms with Crippen LogP contribution in [0, 0.1) is 52.3 Å². The Morgan fingerprint density at radius 2 is 1.31 bits per heavy atom. The molecule has 0 amide bonds. The summed E-state index contributed by atoms with van der Waals surface area (Å²) in [7, 11) is -4.97. The Morgan fingerprint density at radius 3 is 1.88 bits per heavy atom. The predicted molar refractivity (Wildman–Crippen MR) is 188 cm³/mol. The standard InChI is InChI=1S/C36H72O3Si3/c1-25(2)16-15-17-26(3)29-18-19-30-34-31(24-33(36(29,30)5)39-42(12,13)14)35(4)21-20-28(37-40(6,7)8)22-27(35)23-32(34)38-41(9,10)11/h25-34H,15-24H2,1-14H3/t26?,27-,28-,29-,30+,31+,32-,33+,34+,35+,36-/m1/s1. The second-order valence-electron chi connectivity index (χ2n) is 19.4. The molecule has 0 radical (unpaired) electrons. The number of rotatable bonds is 11. The Kier molecular flexibility index (Phi) is 10.6. The van der Waals surface area contributed by atoms with Crippen LogP contribution in [0.1, 0.15) is 98.8 Å². The monoisotopic (exact) mass is 636 g/mol. The van der Waals surface area contributed by atoms with E-state index in [1.165, 1.54) is 64.2 Å². The van der Waals surface area contributed by atoms with Crippen molar-refractivity contribution in [1.82, 2.24) is 0 Å². The van der Waals surface area contributed by atoms with Gasteiger partial charge in [0.15, 0.2) is 25.0 Å². The molecule has 0 N–H and O–H groups in total. The molecule has 3 nitrogen and oxygen atoms in total. The van der Waals surface area contributed by atoms with Crippen molar-refractivity contribution in [2.75, 3.05) is 0 Å². The third-order valence-electron chi connectivity index (χ3n) is 12.4. The average molecular weight is 637 g/mol. The minimum Gasteiger partial charge on any atom is -0.415 e. The molecular formula is C36H72O3Si3. The van der Waals surface area contributed by atoms with Crippen molar-refractivity contribution in [1.29, 1.82) is 0 Å². The van der Waals surface area contributed by atoms with Crippen molar-refractivity contribution in [2.45, 2.75) is 176 Å². The van der Waals surface area contributed by atoms with E-state index in [4.69, 9.17) is 13.3 Å². The number of fused-ring (bicyclic) bond motifs is 5. The summed E-state index contributed by atoms with van der Waals surface area (Å²) in [6.07, 6.45) is 14.5. The maximum absolute atomic E-state index is 7.40. The highest BCUT2D eigenvalue weighted by atomic mass is 28.4. The average Bonchev–Trinajstić information content (AvgIpc) is 3.15. The van der Waals surface area contributed by atoms with Gasteiger partial charge >= 0.3 is 0 Å². The molecule has 0 aromatic rings. The van der Waals surface area contributed by atoms with Crippen molar-refractivity contribution in [2.24, 2.45) is 52.3 Å². The molecule has 42 heavy (non-hydrogen) atoms. The van der Waals surface area contributed by atoms with Gasteiger partial charge in [-0.25, -0.2) is 0 Å². The minimum atomic E-state index is -1.71. The van der Waals surface area contributed by atoms with Crippen molar-refractivity contribution < 1.29 is 13.3 Å². The molecule has 0 aliphatic heterocycles. The molecule has 4 aliphatic carbocycles. The van der Waals surface area contributed by atoms with Crippen LogP contribution in [0.4, 0.5) is 0 Å². The highest BCUT2D eigenvalue weighted by molar-refractivity contribution is 6.70. The van der Waals surface area contributed by atoms with E-state index < -0.39 is 25.0 Å². The summed E-state index contributed by atoms with van der Waals surface area (Å²) in [6.45, 7) is 34.5. The third kappa shape index (κ3) is 7.73. The first-order valence-corrected chi connectivity index (χ1v) is 28.4. The highest BCUT2D eigenvalue weighted by Crippen LogP contribution is 2.69. The van der Waals surface area contributed by atoms with Crippen LogP contribution in [0.25, 0.3) is 0 Å². The Labute approximate surface area is 265 Å². The summed E-state index contributed by atoms with van der Waals surface area (Å²) in [4.78, 5) is 0. The lowest BCUT2D eigenvalue weighted by atomic mass is 9.43. The summed E-state index contributed by atoms with van der Waals surface area (Å²) >= 11 is 0. The van der Waals surface area contributed by atoms with E-state index in [1.807, 2.05) is 0 Å². The van der Waals surface area contributed by atoms with Gasteiger partial charge in [-0.1, -0.05) is 53.9 Å². The van der Waals surface area contributed by atoms with Crippen molar-refractivity contribution in [3.05, 3.63) is 0 Å². The van der Waals surface area contributed by atoms with E-state index in [0.717, 1.165) is 23.7 Å². The van der Waals surface area contributed by atoms with Crippen LogP contribution in [-0.2, 0) is 13.3 Å². The Bertz CT molecular complexity index is 904. The molecule has 11 atom stereocenters. The van der Waals surface area contributed by atoms with Crippen LogP contribution in [0.2, 0.25) is 58.9 Å². The van der Waals surface area contributed by atoms with Gasteiger partial charge in [-0.05, 0) is 156 Å². The topological polar surface area (TPSA) is 27.7 Å². The van der Waals surface area contributed by atoms with Crippen LogP contribution in [-0.4, -0.2) is 43.3 Å². The molecule has 6 heteroatoms. The summed E-state index contributed by atoms with van der Waals surface area (Å²) < 4.78 is 21.5. The number of hydrogen-bond donors (Lipinski definition) is 0. The molecule has 0 bridgehead atoms. The van der Waals surface area contributed by atoms with E-state index in [-0.39, 0.29) is 5.41 Å². The predicted octanol–water partition coefficient (Wildman–Crippen LogP) is 11.0. The number of hydrogen-bond acceptors (Lipinski definition) is 3. The van der Waals surface area contributed by atoms with Gasteiger partial charge in [0.25, 0.3) is 0 Å². The van der Waals surface area contributed by atoms with Gasteiger partial charge in [0.2, 0.25) is 0 Å². The summed E-state index contributed by atoms with van der Waals surface area (Å²) in [5.41, 5.74) is 0.647. The fourth-order valence-corrected chi connectivity index (χ4v) is 14.5. The smallest absolute Gasteiger partial charge is 0.184 e. The zero-order chi connectivity index (χ0) is 31.5. The summed E-state index contributed by atoms with van der Waals surface area (Å²) in [5, 5.41) is 0. The van der Waals surface area contributed by atoms with E-state index in [2.05, 4.69) is 93.5 Å². The zero-order valence-electron chi connectivity index (χ0n) is 30.6. The van der Waals surface area contributed by atoms with E-state index >= 15 is 0 Å². The van der Waals surface area contributed by atoms with Gasteiger partial charge in [0.1, 0.15) is 0 Å². The van der Waals surface area contributed by atoms with Crippen molar-refractivity contribution in [3.8, 4) is 0 Å². The Balaban J connectivity index is 1.71. The maximum atomic E-state index is 7.40. The zero-order valence-corrected chi connectivity index (χ0v) is 33.6. The van der Waals surface area contributed by atoms with Gasteiger partial charge in [0.05, 0.1) is 6.10 Å². The van der Waals surface area contributed by atoms with Crippen LogP contribution in [0.3, 0.4) is 0 Å². The first-order chi connectivity index (χ1) is 19.1. The molecule has 0 aromatic carbocycles. The molecule has 0 aromatic heterocycles. The van der Waals surface area contributed by atoms with Crippen LogP contribution < -0.4 is 0 Å². The third-order valence-corrected chi connectivity index (χ3v) is 15.4. The van der Waals surface area contributed by atoms with Gasteiger partial charge in [-0.2, -0.15) is 0 Å². The SMILES string of the molecule is CC(C)CCCC(C)[C@H]1CC[C@H]2[C@@H]3[C@H](O[Si](C)(C)C)C[C@H]4C[C@H](O[Si](C)(C)C)CC[C@]4(C)[C@H]3C[C@H](O[Si](C)(C)C)[C@]12C. The largest absolute Gasteiger partial charge is 0.415 e. The Morgan fingerprint density at radius 1 is 0.690 bits per heavy atom. The van der Waals surface area contributed by atoms with Gasteiger partial charge in [-0.3, -0.25) is 0 Å². The van der Waals surface area contributed by atoms with E-state index in [0.29, 0.717) is 41.5 Å². The molecule has 4 aliphatic rings. The lowest BCUT2D eigenvalue weighted by Crippen LogP contribution is -2.64. The summed E-state index contributed by atoms with van der Waals surface area (Å²) in [5.74, 6) is 5.19. The molecular weight excluding hydrogens is 565 g/mol. The van der Waals surface area contributed by atoms with Gasteiger partial charge in [0, 0.05) is 12.2 Å². The second-order valence-corrected chi connectivity index (χ2v) is 32.8. The lowest BCUT2D eigenvalue weighted by molar-refractivity contribution is -0.199. The Hall–Kier alpha value is 0.531. The fraction of sp³-hybridized carbons (Fsp3) is 1.00. The maximum Gasteiger partial charge on any atom is 0.184 e. The normalized spacial score (nSPS) is 41.8. The molecule has 0 spiro atoms. The van der Waals surface area contributed by atoms with Crippen LogP contribution in [0.15, 0.2) is 0 Å².